The van der Waals surface area contributed by atoms with E-state index in [2.05, 4.69) is 21.3 Å². The molecule has 9 nitrogen and oxygen atoms in total. The van der Waals surface area contributed by atoms with E-state index in [1.165, 1.54) is 0 Å². The molecule has 4 rings (SSSR count). The number of amides is 4. The first-order valence-corrected chi connectivity index (χ1v) is 14.7. The number of carbonyl (C=O) groups excluding carboxylic acids is 3. The minimum Gasteiger partial charge on any atom is -0.392 e. The van der Waals surface area contributed by atoms with Crippen LogP contribution in [-0.2, 0) is 22.6 Å². The molecule has 10 heteroatoms. The van der Waals surface area contributed by atoms with Crippen LogP contribution in [0.1, 0.15) is 44.1 Å². The van der Waals surface area contributed by atoms with Crippen LogP contribution in [0.5, 0.6) is 0 Å². The number of para-hydroxylation sites is 1. The third-order valence-electron chi connectivity index (χ3n) is 7.06. The summed E-state index contributed by atoms with van der Waals surface area (Å²) in [4.78, 5) is 41.6. The molecule has 1 aliphatic rings. The molecule has 0 unspecified atom stereocenters. The van der Waals surface area contributed by atoms with Crippen molar-refractivity contribution in [3.8, 4) is 11.1 Å². The number of fused-ring (bicyclic) bond motifs is 1. The van der Waals surface area contributed by atoms with E-state index < -0.39 is 17.7 Å². The minimum absolute atomic E-state index is 0.130. The number of aliphatic hydroxyl groups is 1. The first-order chi connectivity index (χ1) is 19.6. The summed E-state index contributed by atoms with van der Waals surface area (Å²) in [5.74, 6) is -0.334. The molecular weight excluding hydrogens is 538 g/mol. The molecule has 0 aliphatic carbocycles. The lowest BCUT2D eigenvalue weighted by atomic mass is 9.99. The van der Waals surface area contributed by atoms with Crippen LogP contribution in [0, 0.1) is 0 Å². The van der Waals surface area contributed by atoms with Crippen LogP contribution in [0.4, 0.5) is 16.2 Å². The van der Waals surface area contributed by atoms with Crippen molar-refractivity contribution in [2.24, 2.45) is 0 Å². The van der Waals surface area contributed by atoms with E-state index in [1.807, 2.05) is 73.8 Å². The molecule has 2 atom stereocenters. The van der Waals surface area contributed by atoms with Gasteiger partial charge in [-0.3, -0.25) is 9.59 Å². The summed E-state index contributed by atoms with van der Waals surface area (Å²) in [6.07, 6.45) is 0.904. The van der Waals surface area contributed by atoms with E-state index in [0.29, 0.717) is 31.6 Å². The van der Waals surface area contributed by atoms with Crippen molar-refractivity contribution in [3.05, 3.63) is 70.4 Å². The van der Waals surface area contributed by atoms with Crippen LogP contribution >= 0.6 is 11.3 Å². The van der Waals surface area contributed by atoms with Crippen molar-refractivity contribution in [2.45, 2.75) is 64.3 Å². The van der Waals surface area contributed by atoms with Gasteiger partial charge >= 0.3 is 6.03 Å². The summed E-state index contributed by atoms with van der Waals surface area (Å²) in [6.45, 7) is 6.26. The maximum absolute atomic E-state index is 13.8. The zero-order valence-electron chi connectivity index (χ0n) is 24.0. The Morgan fingerprint density at radius 3 is 2.56 bits per heavy atom. The summed E-state index contributed by atoms with van der Waals surface area (Å²) < 4.78 is 0. The largest absolute Gasteiger partial charge is 0.392 e. The topological polar surface area (TPSA) is 123 Å². The molecule has 0 bridgehead atoms. The fourth-order valence-corrected chi connectivity index (χ4v) is 5.79. The van der Waals surface area contributed by atoms with Crippen LogP contribution < -0.4 is 26.2 Å². The second kappa shape index (κ2) is 13.3. The van der Waals surface area contributed by atoms with Crippen molar-refractivity contribution in [1.82, 2.24) is 16.0 Å². The van der Waals surface area contributed by atoms with Gasteiger partial charge in [-0.15, -0.1) is 11.3 Å². The van der Waals surface area contributed by atoms with Gasteiger partial charge in [0.15, 0.2) is 0 Å². The van der Waals surface area contributed by atoms with Crippen LogP contribution in [-0.4, -0.2) is 54.2 Å². The lowest BCUT2D eigenvalue weighted by Gasteiger charge is -2.29. The standard InChI is InChI=1S/C31H39N5O4S/c1-20(37)18-33-31(2,3)17-28(38)34-25-13-14-27-26(15-16-41-27)36(29(25)39)19-21-9-11-22(12-10-21)23-7-5-6-8-24(23)35-30(40)32-4/h5-12,15-16,20,25,33,37H,13-14,17-19H2,1-4H3,(H,34,38)(H2,32,35,40)/t20-,25-/m1/s1. The zero-order chi connectivity index (χ0) is 29.6. The molecule has 4 amide bonds. The van der Waals surface area contributed by atoms with Crippen LogP contribution in [0.15, 0.2) is 60.0 Å². The lowest BCUT2D eigenvalue weighted by Crippen LogP contribution is -2.51. The quantitative estimate of drug-likeness (QED) is 0.246. The number of nitrogens with zero attached hydrogens (tertiary/aromatic N) is 1. The zero-order valence-corrected chi connectivity index (χ0v) is 24.8. The Morgan fingerprint density at radius 1 is 1.12 bits per heavy atom. The highest BCUT2D eigenvalue weighted by Gasteiger charge is 2.33. The number of benzene rings is 2. The monoisotopic (exact) mass is 577 g/mol. The normalized spacial score (nSPS) is 16.0. The number of anilines is 2. The van der Waals surface area contributed by atoms with E-state index in [0.717, 1.165) is 27.3 Å². The van der Waals surface area contributed by atoms with E-state index in [-0.39, 0.29) is 24.3 Å². The molecule has 0 spiro atoms. The fourth-order valence-electron chi connectivity index (χ4n) is 4.90. The average molecular weight is 578 g/mol. The van der Waals surface area contributed by atoms with Crippen molar-refractivity contribution in [3.63, 3.8) is 0 Å². The highest BCUT2D eigenvalue weighted by molar-refractivity contribution is 7.10. The van der Waals surface area contributed by atoms with Gasteiger partial charge in [-0.2, -0.15) is 0 Å². The number of carbonyl (C=O) groups is 3. The second-order valence-corrected chi connectivity index (χ2v) is 12.1. The van der Waals surface area contributed by atoms with Crippen molar-refractivity contribution >= 4 is 40.6 Å². The maximum atomic E-state index is 13.8. The molecule has 3 aromatic rings. The summed E-state index contributed by atoms with van der Waals surface area (Å²) in [5, 5.41) is 23.2. The van der Waals surface area contributed by atoms with Crippen LogP contribution in [0.25, 0.3) is 11.1 Å². The maximum Gasteiger partial charge on any atom is 0.318 e. The predicted octanol–water partition coefficient (Wildman–Crippen LogP) is 4.27. The van der Waals surface area contributed by atoms with E-state index in [1.54, 1.807) is 30.2 Å². The molecule has 5 N–H and O–H groups in total. The summed E-state index contributed by atoms with van der Waals surface area (Å²) in [6, 6.07) is 16.6. The molecule has 41 heavy (non-hydrogen) atoms. The number of aryl methyl sites for hydroxylation is 1. The number of hydrogen-bond acceptors (Lipinski definition) is 6. The Labute approximate surface area is 245 Å². The lowest BCUT2D eigenvalue weighted by molar-refractivity contribution is -0.128. The molecule has 0 fully saturated rings. The van der Waals surface area contributed by atoms with Gasteiger partial charge in [-0.1, -0.05) is 42.5 Å². The number of urea groups is 1. The molecular formula is C31H39N5O4S. The SMILES string of the molecule is CNC(=O)Nc1ccccc1-c1ccc(CN2C(=O)[C@H](NC(=O)CC(C)(C)NC[C@@H](C)O)CCc3sccc32)cc1. The number of nitrogens with one attached hydrogen (secondary N) is 4. The molecule has 2 heterocycles. The molecule has 0 radical (unpaired) electrons. The molecule has 2 aromatic carbocycles. The summed E-state index contributed by atoms with van der Waals surface area (Å²) >= 11 is 1.62. The second-order valence-electron chi connectivity index (χ2n) is 11.0. The van der Waals surface area contributed by atoms with Gasteiger partial charge in [0, 0.05) is 36.0 Å². The average Bonchev–Trinajstić information content (AvgIpc) is 3.37. The van der Waals surface area contributed by atoms with Crippen molar-refractivity contribution in [1.29, 1.82) is 0 Å². The van der Waals surface area contributed by atoms with Crippen molar-refractivity contribution < 1.29 is 19.5 Å². The fraction of sp³-hybridized carbons (Fsp3) is 0.387. The Kier molecular flexibility index (Phi) is 9.80. The third-order valence-corrected chi connectivity index (χ3v) is 8.03. The first-order valence-electron chi connectivity index (χ1n) is 13.8. The van der Waals surface area contributed by atoms with Gasteiger partial charge < -0.3 is 31.3 Å². The van der Waals surface area contributed by atoms with E-state index in [9.17, 15) is 19.5 Å². The number of thiophene rings is 1. The van der Waals surface area contributed by atoms with Crippen LogP contribution in [0.3, 0.4) is 0 Å². The molecule has 1 aliphatic heterocycles. The van der Waals surface area contributed by atoms with Gasteiger partial charge in [0.2, 0.25) is 11.8 Å². The molecule has 0 saturated heterocycles. The highest BCUT2D eigenvalue weighted by atomic mass is 32.1. The van der Waals surface area contributed by atoms with Gasteiger partial charge in [0.25, 0.3) is 0 Å². The smallest absolute Gasteiger partial charge is 0.318 e. The Morgan fingerprint density at radius 2 is 1.85 bits per heavy atom. The third kappa shape index (κ3) is 7.93. The van der Waals surface area contributed by atoms with Gasteiger partial charge in [0.1, 0.15) is 6.04 Å². The number of hydrogen-bond donors (Lipinski definition) is 5. The Hall–Kier alpha value is -3.73. The predicted molar refractivity (Wildman–Crippen MR) is 164 cm³/mol. The van der Waals surface area contributed by atoms with Crippen LogP contribution in [0.2, 0.25) is 0 Å². The van der Waals surface area contributed by atoms with Gasteiger partial charge in [0.05, 0.1) is 24.0 Å². The Bertz CT molecular complexity index is 1370. The van der Waals surface area contributed by atoms with Gasteiger partial charge in [-0.25, -0.2) is 4.79 Å². The number of β-amino-alcohol motifs (C(OH)–C–C–N with tert-alkyl or cyclic N) is 1. The molecule has 1 aromatic heterocycles. The minimum atomic E-state index is -0.628. The number of rotatable bonds is 10. The van der Waals surface area contributed by atoms with Crippen molar-refractivity contribution in [2.75, 3.05) is 23.8 Å². The summed E-state index contributed by atoms with van der Waals surface area (Å²) in [5.41, 5.74) is 3.85. The highest BCUT2D eigenvalue weighted by Crippen LogP contribution is 2.34. The van der Waals surface area contributed by atoms with Gasteiger partial charge in [-0.05, 0) is 62.3 Å². The molecule has 0 saturated carbocycles. The number of aliphatic hydroxyl groups excluding tert-OH is 1. The first kappa shape index (κ1) is 30.2. The molecule has 218 valence electrons. The summed E-state index contributed by atoms with van der Waals surface area (Å²) in [7, 11) is 1.57. The van der Waals surface area contributed by atoms with E-state index in [4.69, 9.17) is 0 Å². The van der Waals surface area contributed by atoms with E-state index >= 15 is 0 Å². The Balaban J connectivity index is 1.49.